The molecule has 0 spiro atoms. The zero-order valence-electron chi connectivity index (χ0n) is 10.7. The van der Waals surface area contributed by atoms with Crippen LogP contribution in [0.25, 0.3) is 0 Å². The second-order valence-electron chi connectivity index (χ2n) is 3.93. The second kappa shape index (κ2) is 7.17. The molecule has 0 radical (unpaired) electrons. The summed E-state index contributed by atoms with van der Waals surface area (Å²) in [6.07, 6.45) is 0.481. The Balaban J connectivity index is 2.97. The maximum Gasteiger partial charge on any atom is 0.338 e. The number of carbonyl (C=O) groups excluding carboxylic acids is 1. The molecule has 1 N–H and O–H groups in total. The third kappa shape index (κ3) is 4.43. The molecule has 1 aromatic rings. The molecule has 5 heteroatoms. The maximum absolute atomic E-state index is 11.6. The normalized spacial score (nSPS) is 9.68. The lowest BCUT2D eigenvalue weighted by Crippen LogP contribution is -2.07. The van der Waals surface area contributed by atoms with Crippen molar-refractivity contribution >= 4 is 11.9 Å². The van der Waals surface area contributed by atoms with Crippen LogP contribution in [0.5, 0.6) is 0 Å². The van der Waals surface area contributed by atoms with Gasteiger partial charge in [0.05, 0.1) is 24.7 Å². The number of rotatable bonds is 6. The number of aryl methyl sites for hydroxylation is 1. The molecule has 0 bridgehead atoms. The Bertz CT molecular complexity index is 517. The lowest BCUT2D eigenvalue weighted by Gasteiger charge is -2.08. The molecule has 0 heterocycles. The van der Waals surface area contributed by atoms with Gasteiger partial charge in [-0.2, -0.15) is 5.26 Å². The number of hydrogen-bond acceptors (Lipinski definition) is 4. The Morgan fingerprint density at radius 3 is 2.68 bits per heavy atom. The van der Waals surface area contributed by atoms with Crippen LogP contribution in [-0.4, -0.2) is 23.7 Å². The molecule has 0 aliphatic rings. The Hall–Kier alpha value is -2.35. The highest BCUT2D eigenvalue weighted by molar-refractivity contribution is 5.89. The molecule has 19 heavy (non-hydrogen) atoms. The van der Waals surface area contributed by atoms with Crippen molar-refractivity contribution in [3.05, 3.63) is 34.9 Å². The van der Waals surface area contributed by atoms with Crippen LogP contribution in [0.2, 0.25) is 0 Å². The molecule has 0 atom stereocenters. The van der Waals surface area contributed by atoms with Crippen molar-refractivity contribution < 1.29 is 19.4 Å². The molecule has 0 saturated heterocycles. The SMILES string of the molecule is CCOC(=O)c1ccc(CCC(=O)O)c(CC#N)c1. The van der Waals surface area contributed by atoms with Crippen molar-refractivity contribution in [2.75, 3.05) is 6.61 Å². The number of nitriles is 1. The summed E-state index contributed by atoms with van der Waals surface area (Å²) >= 11 is 0. The topological polar surface area (TPSA) is 87.4 Å². The molecule has 0 unspecified atom stereocenters. The van der Waals surface area contributed by atoms with Gasteiger partial charge in [-0.1, -0.05) is 6.07 Å². The van der Waals surface area contributed by atoms with Crippen LogP contribution in [0.3, 0.4) is 0 Å². The second-order valence-corrected chi connectivity index (χ2v) is 3.93. The fraction of sp³-hybridized carbons (Fsp3) is 0.357. The van der Waals surface area contributed by atoms with E-state index in [0.29, 0.717) is 17.5 Å². The minimum atomic E-state index is -0.891. The first-order chi connectivity index (χ1) is 9.08. The summed E-state index contributed by atoms with van der Waals surface area (Å²) in [6.45, 7) is 2.00. The van der Waals surface area contributed by atoms with Crippen LogP contribution in [0, 0.1) is 11.3 Å². The van der Waals surface area contributed by atoms with E-state index < -0.39 is 11.9 Å². The number of esters is 1. The summed E-state index contributed by atoms with van der Waals surface area (Å²) in [7, 11) is 0. The summed E-state index contributed by atoms with van der Waals surface area (Å²) in [5.74, 6) is -1.33. The average molecular weight is 261 g/mol. The van der Waals surface area contributed by atoms with Gasteiger partial charge in [-0.3, -0.25) is 4.79 Å². The molecule has 1 rings (SSSR count). The summed E-state index contributed by atoms with van der Waals surface area (Å²) in [5, 5.41) is 17.4. The van der Waals surface area contributed by atoms with E-state index in [-0.39, 0.29) is 19.4 Å². The fourth-order valence-corrected chi connectivity index (χ4v) is 1.70. The summed E-state index contributed by atoms with van der Waals surface area (Å²) < 4.78 is 4.88. The highest BCUT2D eigenvalue weighted by atomic mass is 16.5. The molecule has 0 aliphatic carbocycles. The van der Waals surface area contributed by atoms with E-state index in [1.54, 1.807) is 25.1 Å². The van der Waals surface area contributed by atoms with E-state index in [4.69, 9.17) is 15.1 Å². The quantitative estimate of drug-likeness (QED) is 0.791. The zero-order chi connectivity index (χ0) is 14.3. The van der Waals surface area contributed by atoms with Crippen LogP contribution in [0.4, 0.5) is 0 Å². The van der Waals surface area contributed by atoms with Gasteiger partial charge in [0.25, 0.3) is 0 Å². The predicted molar refractivity (Wildman–Crippen MR) is 67.7 cm³/mol. The number of aliphatic carboxylic acids is 1. The van der Waals surface area contributed by atoms with Crippen molar-refractivity contribution in [3.8, 4) is 6.07 Å². The number of nitrogens with zero attached hydrogens (tertiary/aromatic N) is 1. The molecule has 1 aromatic carbocycles. The molecular formula is C14H15NO4. The van der Waals surface area contributed by atoms with Gasteiger partial charge < -0.3 is 9.84 Å². The van der Waals surface area contributed by atoms with Crippen molar-refractivity contribution in [2.45, 2.75) is 26.2 Å². The van der Waals surface area contributed by atoms with E-state index in [1.165, 1.54) is 0 Å². The lowest BCUT2D eigenvalue weighted by atomic mass is 9.98. The molecular weight excluding hydrogens is 246 g/mol. The van der Waals surface area contributed by atoms with Crippen LogP contribution >= 0.6 is 0 Å². The third-order valence-electron chi connectivity index (χ3n) is 2.60. The number of benzene rings is 1. The number of carboxylic acid groups (broad SMARTS) is 1. The van der Waals surface area contributed by atoms with Crippen molar-refractivity contribution in [1.29, 1.82) is 5.26 Å². The Morgan fingerprint density at radius 1 is 1.37 bits per heavy atom. The third-order valence-corrected chi connectivity index (χ3v) is 2.60. The fourth-order valence-electron chi connectivity index (χ4n) is 1.70. The smallest absolute Gasteiger partial charge is 0.338 e. The van der Waals surface area contributed by atoms with E-state index in [9.17, 15) is 9.59 Å². The van der Waals surface area contributed by atoms with E-state index >= 15 is 0 Å². The van der Waals surface area contributed by atoms with E-state index in [2.05, 4.69) is 0 Å². The van der Waals surface area contributed by atoms with Crippen molar-refractivity contribution in [1.82, 2.24) is 0 Å². The first-order valence-electron chi connectivity index (χ1n) is 5.96. The molecule has 0 aromatic heterocycles. The molecule has 0 aliphatic heterocycles. The van der Waals surface area contributed by atoms with E-state index in [1.807, 2.05) is 6.07 Å². The Kier molecular flexibility index (Phi) is 5.55. The average Bonchev–Trinajstić information content (AvgIpc) is 2.37. The zero-order valence-corrected chi connectivity index (χ0v) is 10.7. The number of ether oxygens (including phenoxy) is 1. The first kappa shape index (κ1) is 14.7. The highest BCUT2D eigenvalue weighted by Crippen LogP contribution is 2.16. The first-order valence-corrected chi connectivity index (χ1v) is 5.96. The molecule has 0 fully saturated rings. The minimum absolute atomic E-state index is 0.00280. The summed E-state index contributed by atoms with van der Waals surface area (Å²) in [6, 6.07) is 6.88. The number of carbonyl (C=O) groups is 2. The summed E-state index contributed by atoms with van der Waals surface area (Å²) in [5.41, 5.74) is 1.83. The van der Waals surface area contributed by atoms with Crippen molar-refractivity contribution in [3.63, 3.8) is 0 Å². The Labute approximate surface area is 111 Å². The Morgan fingerprint density at radius 2 is 2.11 bits per heavy atom. The van der Waals surface area contributed by atoms with Crippen molar-refractivity contribution in [2.24, 2.45) is 0 Å². The standard InChI is InChI=1S/C14H15NO4/c1-2-19-14(18)12-4-3-10(5-6-13(16)17)11(9-12)7-8-15/h3-4,9H,2,5-7H2,1H3,(H,16,17). The monoisotopic (exact) mass is 261 g/mol. The highest BCUT2D eigenvalue weighted by Gasteiger charge is 2.11. The van der Waals surface area contributed by atoms with Gasteiger partial charge >= 0.3 is 11.9 Å². The van der Waals surface area contributed by atoms with Crippen LogP contribution in [0.15, 0.2) is 18.2 Å². The maximum atomic E-state index is 11.6. The predicted octanol–water partition coefficient (Wildman–Crippen LogP) is 1.95. The van der Waals surface area contributed by atoms with Gasteiger partial charge in [-0.25, -0.2) is 4.79 Å². The number of carboxylic acids is 1. The van der Waals surface area contributed by atoms with Gasteiger partial charge in [0, 0.05) is 6.42 Å². The number of hydrogen-bond donors (Lipinski definition) is 1. The summed E-state index contributed by atoms with van der Waals surface area (Å²) in [4.78, 5) is 22.1. The lowest BCUT2D eigenvalue weighted by molar-refractivity contribution is -0.136. The molecule has 5 nitrogen and oxygen atoms in total. The van der Waals surface area contributed by atoms with Crippen LogP contribution in [-0.2, 0) is 22.4 Å². The van der Waals surface area contributed by atoms with Gasteiger partial charge in [-0.15, -0.1) is 0 Å². The van der Waals surface area contributed by atoms with Crippen LogP contribution < -0.4 is 0 Å². The molecule has 0 amide bonds. The molecule has 100 valence electrons. The minimum Gasteiger partial charge on any atom is -0.481 e. The van der Waals surface area contributed by atoms with Gasteiger partial charge in [-0.05, 0) is 36.6 Å². The van der Waals surface area contributed by atoms with Gasteiger partial charge in [0.1, 0.15) is 0 Å². The van der Waals surface area contributed by atoms with E-state index in [0.717, 1.165) is 5.56 Å². The largest absolute Gasteiger partial charge is 0.481 e. The van der Waals surface area contributed by atoms with Gasteiger partial charge in [0.2, 0.25) is 0 Å². The van der Waals surface area contributed by atoms with Crippen LogP contribution in [0.1, 0.15) is 34.8 Å². The van der Waals surface area contributed by atoms with Gasteiger partial charge in [0.15, 0.2) is 0 Å². The molecule has 0 saturated carbocycles.